The van der Waals surface area contributed by atoms with E-state index in [-0.39, 0.29) is 18.3 Å². The lowest BCUT2D eigenvalue weighted by molar-refractivity contribution is -0.113. The minimum Gasteiger partial charge on any atom is -0.493 e. The van der Waals surface area contributed by atoms with Crippen LogP contribution in [0, 0.1) is 0 Å². The SMILES string of the molecule is CCOC(=O)c1c(-c2ccc(OC)c(OC)c2)csc1NC(=O)CSc1ccc(Cl)cc1. The molecular weight excluding hydrogens is 470 g/mol. The van der Waals surface area contributed by atoms with Crippen LogP contribution in [0.1, 0.15) is 17.3 Å². The Kier molecular flexibility index (Phi) is 8.44. The van der Waals surface area contributed by atoms with Gasteiger partial charge in [-0.05, 0) is 48.9 Å². The number of nitrogens with one attached hydrogen (secondary N) is 1. The van der Waals surface area contributed by atoms with E-state index in [2.05, 4.69) is 5.32 Å². The maximum Gasteiger partial charge on any atom is 0.341 e. The van der Waals surface area contributed by atoms with Crippen molar-refractivity contribution in [2.45, 2.75) is 11.8 Å². The average Bonchev–Trinajstić information content (AvgIpc) is 3.21. The first-order chi connectivity index (χ1) is 15.5. The van der Waals surface area contributed by atoms with E-state index in [0.29, 0.717) is 32.6 Å². The highest BCUT2D eigenvalue weighted by molar-refractivity contribution is 8.00. The Hall–Kier alpha value is -2.68. The Labute approximate surface area is 199 Å². The summed E-state index contributed by atoms with van der Waals surface area (Å²) in [6, 6.07) is 12.6. The first-order valence-electron chi connectivity index (χ1n) is 9.66. The molecule has 0 saturated carbocycles. The zero-order valence-corrected chi connectivity index (χ0v) is 20.2. The van der Waals surface area contributed by atoms with E-state index >= 15 is 0 Å². The van der Waals surface area contributed by atoms with E-state index in [1.54, 1.807) is 45.4 Å². The van der Waals surface area contributed by atoms with E-state index in [4.69, 9.17) is 25.8 Å². The molecule has 168 valence electrons. The third kappa shape index (κ3) is 5.76. The van der Waals surface area contributed by atoms with E-state index in [1.807, 2.05) is 23.6 Å². The van der Waals surface area contributed by atoms with Crippen molar-refractivity contribution >= 4 is 51.6 Å². The van der Waals surface area contributed by atoms with Gasteiger partial charge in [-0.25, -0.2) is 4.79 Å². The number of carbonyl (C=O) groups is 2. The Morgan fingerprint density at radius 2 is 1.78 bits per heavy atom. The van der Waals surface area contributed by atoms with Gasteiger partial charge in [-0.3, -0.25) is 4.79 Å². The smallest absolute Gasteiger partial charge is 0.341 e. The quantitative estimate of drug-likeness (QED) is 0.292. The number of anilines is 1. The predicted molar refractivity (Wildman–Crippen MR) is 130 cm³/mol. The van der Waals surface area contributed by atoms with Crippen molar-refractivity contribution in [1.82, 2.24) is 0 Å². The zero-order valence-electron chi connectivity index (χ0n) is 17.8. The van der Waals surface area contributed by atoms with Crippen molar-refractivity contribution in [2.24, 2.45) is 0 Å². The third-order valence-electron chi connectivity index (χ3n) is 4.40. The van der Waals surface area contributed by atoms with Crippen LogP contribution >= 0.6 is 34.7 Å². The highest BCUT2D eigenvalue weighted by Gasteiger charge is 2.23. The number of ether oxygens (including phenoxy) is 3. The molecule has 0 aliphatic rings. The summed E-state index contributed by atoms with van der Waals surface area (Å²) in [7, 11) is 3.10. The van der Waals surface area contributed by atoms with Gasteiger partial charge < -0.3 is 19.5 Å². The fourth-order valence-corrected chi connectivity index (χ4v) is 4.71. The molecule has 3 rings (SSSR count). The summed E-state index contributed by atoms with van der Waals surface area (Å²) < 4.78 is 15.9. The molecule has 1 heterocycles. The lowest BCUT2D eigenvalue weighted by Gasteiger charge is -2.11. The first-order valence-corrected chi connectivity index (χ1v) is 11.9. The molecule has 0 fully saturated rings. The molecular formula is C23H22ClNO5S2. The van der Waals surface area contributed by atoms with Crippen LogP contribution in [0.2, 0.25) is 5.02 Å². The van der Waals surface area contributed by atoms with Crippen molar-refractivity contribution in [3.8, 4) is 22.6 Å². The van der Waals surface area contributed by atoms with Gasteiger partial charge in [0.1, 0.15) is 10.6 Å². The monoisotopic (exact) mass is 491 g/mol. The van der Waals surface area contributed by atoms with Crippen LogP contribution in [-0.4, -0.2) is 38.5 Å². The van der Waals surface area contributed by atoms with Crippen LogP contribution in [0.4, 0.5) is 5.00 Å². The Balaban J connectivity index is 1.85. The lowest BCUT2D eigenvalue weighted by atomic mass is 10.0. The van der Waals surface area contributed by atoms with Gasteiger partial charge in [0.15, 0.2) is 11.5 Å². The second-order valence-electron chi connectivity index (χ2n) is 6.43. The van der Waals surface area contributed by atoms with Gasteiger partial charge >= 0.3 is 5.97 Å². The van der Waals surface area contributed by atoms with Gasteiger partial charge in [-0.1, -0.05) is 17.7 Å². The Morgan fingerprint density at radius 3 is 2.44 bits per heavy atom. The molecule has 1 N–H and O–H groups in total. The molecule has 0 saturated heterocycles. The summed E-state index contributed by atoms with van der Waals surface area (Å²) in [5.74, 6) is 0.580. The Morgan fingerprint density at radius 1 is 1.06 bits per heavy atom. The fraction of sp³-hybridized carbons (Fsp3) is 0.217. The number of benzene rings is 2. The topological polar surface area (TPSA) is 73.9 Å². The molecule has 32 heavy (non-hydrogen) atoms. The molecule has 0 aliphatic heterocycles. The second-order valence-corrected chi connectivity index (χ2v) is 8.80. The maximum absolute atomic E-state index is 12.8. The van der Waals surface area contributed by atoms with Crippen molar-refractivity contribution in [3.63, 3.8) is 0 Å². The first kappa shape index (κ1) is 24.0. The molecule has 3 aromatic rings. The van der Waals surface area contributed by atoms with Gasteiger partial charge in [0.2, 0.25) is 5.91 Å². The van der Waals surface area contributed by atoms with Gasteiger partial charge in [-0.2, -0.15) is 0 Å². The summed E-state index contributed by atoms with van der Waals surface area (Å²) in [6.45, 7) is 1.96. The summed E-state index contributed by atoms with van der Waals surface area (Å²) in [5.41, 5.74) is 1.71. The molecule has 1 aromatic heterocycles. The van der Waals surface area contributed by atoms with Gasteiger partial charge in [-0.15, -0.1) is 23.1 Å². The molecule has 0 radical (unpaired) electrons. The number of thioether (sulfide) groups is 1. The molecule has 0 bridgehead atoms. The molecule has 0 unspecified atom stereocenters. The highest BCUT2D eigenvalue weighted by atomic mass is 35.5. The summed E-state index contributed by atoms with van der Waals surface area (Å²) in [4.78, 5) is 26.2. The van der Waals surface area contributed by atoms with E-state index < -0.39 is 5.97 Å². The number of thiophene rings is 1. The van der Waals surface area contributed by atoms with Crippen LogP contribution in [0.25, 0.3) is 11.1 Å². The molecule has 1 amide bonds. The number of hydrogen-bond donors (Lipinski definition) is 1. The van der Waals surface area contributed by atoms with E-state index in [9.17, 15) is 9.59 Å². The molecule has 2 aromatic carbocycles. The van der Waals surface area contributed by atoms with Gasteiger partial charge in [0.25, 0.3) is 0 Å². The van der Waals surface area contributed by atoms with Crippen LogP contribution in [0.3, 0.4) is 0 Å². The van der Waals surface area contributed by atoms with Gasteiger partial charge in [0, 0.05) is 20.9 Å². The molecule has 0 atom stereocenters. The number of rotatable bonds is 9. The average molecular weight is 492 g/mol. The van der Waals surface area contributed by atoms with Crippen molar-refractivity contribution in [1.29, 1.82) is 0 Å². The standard InChI is InChI=1S/C23H22ClNO5S2/c1-4-30-23(27)21-17(14-5-10-18(28-2)19(11-14)29-3)12-32-22(21)25-20(26)13-31-16-8-6-15(24)7-9-16/h5-12H,4,13H2,1-3H3,(H,25,26). The molecule has 0 spiro atoms. The lowest BCUT2D eigenvalue weighted by Crippen LogP contribution is -2.16. The summed E-state index contributed by atoms with van der Waals surface area (Å²) in [5, 5.41) is 5.74. The normalized spacial score (nSPS) is 10.5. The van der Waals surface area contributed by atoms with Crippen molar-refractivity contribution < 1.29 is 23.8 Å². The minimum atomic E-state index is -0.501. The number of methoxy groups -OCH3 is 2. The predicted octanol–water partition coefficient (Wildman–Crippen LogP) is 5.99. The van der Waals surface area contributed by atoms with Crippen LogP contribution < -0.4 is 14.8 Å². The second kappa shape index (κ2) is 11.3. The fourth-order valence-electron chi connectivity index (χ4n) is 2.91. The van der Waals surface area contributed by atoms with Crippen molar-refractivity contribution in [3.05, 3.63) is 58.4 Å². The maximum atomic E-state index is 12.8. The minimum absolute atomic E-state index is 0.188. The molecule has 6 nitrogen and oxygen atoms in total. The van der Waals surface area contributed by atoms with Crippen LogP contribution in [-0.2, 0) is 9.53 Å². The number of hydrogen-bond acceptors (Lipinski definition) is 7. The van der Waals surface area contributed by atoms with Crippen LogP contribution in [0.5, 0.6) is 11.5 Å². The number of amides is 1. The van der Waals surface area contributed by atoms with E-state index in [1.165, 1.54) is 23.1 Å². The van der Waals surface area contributed by atoms with Gasteiger partial charge in [0.05, 0.1) is 26.6 Å². The largest absolute Gasteiger partial charge is 0.493 e. The molecule has 0 aliphatic carbocycles. The third-order valence-corrected chi connectivity index (χ3v) is 6.56. The summed E-state index contributed by atoms with van der Waals surface area (Å²) >= 11 is 8.55. The summed E-state index contributed by atoms with van der Waals surface area (Å²) in [6.07, 6.45) is 0. The molecule has 9 heteroatoms. The van der Waals surface area contributed by atoms with E-state index in [0.717, 1.165) is 10.5 Å². The highest BCUT2D eigenvalue weighted by Crippen LogP contribution is 2.39. The number of carbonyl (C=O) groups excluding carboxylic acids is 2. The van der Waals surface area contributed by atoms with Crippen molar-refractivity contribution in [2.75, 3.05) is 31.9 Å². The Bertz CT molecular complexity index is 1100. The number of esters is 1. The number of halogens is 1. The zero-order chi connectivity index (χ0) is 23.1. The van der Waals surface area contributed by atoms with Crippen LogP contribution in [0.15, 0.2) is 52.7 Å².